The number of rotatable bonds is 3. The van der Waals surface area contributed by atoms with Crippen LogP contribution in [0.5, 0.6) is 11.5 Å². The lowest BCUT2D eigenvalue weighted by Crippen LogP contribution is -2.16. The van der Waals surface area contributed by atoms with Crippen LogP contribution in [-0.4, -0.2) is 4.98 Å². The molecule has 0 saturated carbocycles. The average molecular weight is 603 g/mol. The Bertz CT molecular complexity index is 2630. The highest BCUT2D eigenvalue weighted by atomic mass is 16.5. The molecule has 7 aromatic carbocycles. The standard InChI is InChI=1S/C43H26N2O2/c1-2-14-27(15-3-1)42-32-26-31(43-41(30-18-6-11-23-37(30)47-43)40(32)29-17-4-7-19-33(29)44-42)28-16-5-8-20-34(28)45-35-21-9-12-24-38(35)46-39-25-13-10-22-36(39)45/h1-26H. The van der Waals surface area contributed by atoms with Crippen LogP contribution >= 0.6 is 0 Å². The van der Waals surface area contributed by atoms with E-state index in [0.717, 1.165) is 94.6 Å². The van der Waals surface area contributed by atoms with Crippen LogP contribution in [0.15, 0.2) is 162 Å². The fourth-order valence-electron chi connectivity index (χ4n) is 7.21. The van der Waals surface area contributed by atoms with Gasteiger partial charge in [-0.2, -0.15) is 0 Å². The van der Waals surface area contributed by atoms with Gasteiger partial charge in [-0.3, -0.25) is 0 Å². The smallest absolute Gasteiger partial charge is 0.151 e. The predicted molar refractivity (Wildman–Crippen MR) is 192 cm³/mol. The number of furan rings is 1. The molecule has 0 saturated heterocycles. The summed E-state index contributed by atoms with van der Waals surface area (Å²) < 4.78 is 13.2. The van der Waals surface area contributed by atoms with E-state index in [0.29, 0.717) is 0 Å². The Morgan fingerprint density at radius 1 is 0.468 bits per heavy atom. The molecule has 0 aliphatic carbocycles. The molecule has 9 aromatic rings. The highest BCUT2D eigenvalue weighted by Gasteiger charge is 2.29. The molecule has 220 valence electrons. The van der Waals surface area contributed by atoms with E-state index in [1.807, 2.05) is 36.4 Å². The van der Waals surface area contributed by atoms with E-state index in [9.17, 15) is 0 Å². The quantitative estimate of drug-likeness (QED) is 0.189. The average Bonchev–Trinajstić information content (AvgIpc) is 3.53. The van der Waals surface area contributed by atoms with Gasteiger partial charge in [0.1, 0.15) is 11.2 Å². The number of para-hydroxylation sites is 7. The molecule has 1 aliphatic rings. The fraction of sp³-hybridized carbons (Fsp3) is 0. The zero-order chi connectivity index (χ0) is 30.9. The summed E-state index contributed by atoms with van der Waals surface area (Å²) in [7, 11) is 0. The van der Waals surface area contributed by atoms with Crippen molar-refractivity contribution in [1.82, 2.24) is 4.98 Å². The monoisotopic (exact) mass is 602 g/mol. The lowest BCUT2D eigenvalue weighted by molar-refractivity contribution is 0.477. The van der Waals surface area contributed by atoms with Crippen molar-refractivity contribution in [3.8, 4) is 33.9 Å². The third kappa shape index (κ3) is 3.85. The van der Waals surface area contributed by atoms with Crippen molar-refractivity contribution in [2.45, 2.75) is 0 Å². The van der Waals surface area contributed by atoms with Crippen LogP contribution in [0, 0.1) is 0 Å². The van der Waals surface area contributed by atoms with E-state index in [-0.39, 0.29) is 0 Å². The lowest BCUT2D eigenvalue weighted by atomic mass is 9.91. The topological polar surface area (TPSA) is 38.5 Å². The Morgan fingerprint density at radius 3 is 1.87 bits per heavy atom. The zero-order valence-corrected chi connectivity index (χ0v) is 25.2. The number of anilines is 3. The Labute approximate surface area is 270 Å². The fourth-order valence-corrected chi connectivity index (χ4v) is 7.21. The van der Waals surface area contributed by atoms with Crippen molar-refractivity contribution in [3.05, 3.63) is 158 Å². The van der Waals surface area contributed by atoms with Crippen molar-refractivity contribution < 1.29 is 9.15 Å². The van der Waals surface area contributed by atoms with Crippen LogP contribution < -0.4 is 9.64 Å². The normalized spacial score (nSPS) is 12.4. The van der Waals surface area contributed by atoms with Gasteiger partial charge < -0.3 is 14.1 Å². The second-order valence-electron chi connectivity index (χ2n) is 11.9. The first kappa shape index (κ1) is 25.9. The Balaban J connectivity index is 1.37. The van der Waals surface area contributed by atoms with Gasteiger partial charge in [0, 0.05) is 43.6 Å². The highest BCUT2D eigenvalue weighted by molar-refractivity contribution is 6.30. The molecular weight excluding hydrogens is 576 g/mol. The predicted octanol–water partition coefficient (Wildman–Crippen LogP) is 12.2. The molecule has 0 unspecified atom stereocenters. The van der Waals surface area contributed by atoms with Crippen molar-refractivity contribution in [3.63, 3.8) is 0 Å². The molecule has 2 aromatic heterocycles. The molecule has 0 atom stereocenters. The molecule has 0 N–H and O–H groups in total. The number of pyridine rings is 1. The van der Waals surface area contributed by atoms with Crippen molar-refractivity contribution >= 4 is 60.7 Å². The van der Waals surface area contributed by atoms with E-state index in [2.05, 4.69) is 126 Å². The van der Waals surface area contributed by atoms with Crippen LogP contribution in [-0.2, 0) is 0 Å². The molecule has 0 bridgehead atoms. The summed E-state index contributed by atoms with van der Waals surface area (Å²) in [6, 6.07) is 54.6. The summed E-state index contributed by atoms with van der Waals surface area (Å²) >= 11 is 0. The van der Waals surface area contributed by atoms with Crippen molar-refractivity contribution in [2.75, 3.05) is 4.90 Å². The summed E-state index contributed by atoms with van der Waals surface area (Å²) in [6.45, 7) is 0. The molecule has 1 aliphatic heterocycles. The lowest BCUT2D eigenvalue weighted by Gasteiger charge is -2.34. The maximum absolute atomic E-state index is 6.86. The van der Waals surface area contributed by atoms with E-state index >= 15 is 0 Å². The highest BCUT2D eigenvalue weighted by Crippen LogP contribution is 2.54. The number of hydrogen-bond donors (Lipinski definition) is 0. The molecule has 4 heteroatoms. The molecule has 0 amide bonds. The first-order valence-corrected chi connectivity index (χ1v) is 15.8. The SMILES string of the molecule is c1ccc(-c2nc3ccccc3c3c2cc(-c2ccccc2N2c4ccccc4Oc4ccccc42)c2oc4ccccc4c23)cc1. The second kappa shape index (κ2) is 10.1. The molecule has 0 fully saturated rings. The number of fused-ring (bicyclic) bond motifs is 9. The molecule has 0 radical (unpaired) electrons. The summed E-state index contributed by atoms with van der Waals surface area (Å²) in [5, 5.41) is 5.53. The van der Waals surface area contributed by atoms with Crippen LogP contribution in [0.25, 0.3) is 66.0 Å². The maximum atomic E-state index is 6.86. The van der Waals surface area contributed by atoms with E-state index in [4.69, 9.17) is 14.1 Å². The van der Waals surface area contributed by atoms with E-state index in [1.165, 1.54) is 0 Å². The van der Waals surface area contributed by atoms with Gasteiger partial charge in [0.15, 0.2) is 11.5 Å². The minimum Gasteiger partial charge on any atom is -0.455 e. The first-order chi connectivity index (χ1) is 23.3. The van der Waals surface area contributed by atoms with Gasteiger partial charge >= 0.3 is 0 Å². The molecular formula is C43H26N2O2. The third-order valence-electron chi connectivity index (χ3n) is 9.22. The van der Waals surface area contributed by atoms with E-state index in [1.54, 1.807) is 0 Å². The Morgan fingerprint density at radius 2 is 1.09 bits per heavy atom. The maximum Gasteiger partial charge on any atom is 0.151 e. The number of ether oxygens (including phenoxy) is 1. The molecule has 47 heavy (non-hydrogen) atoms. The van der Waals surface area contributed by atoms with Gasteiger partial charge in [-0.15, -0.1) is 0 Å². The summed E-state index contributed by atoms with van der Waals surface area (Å²) in [5.74, 6) is 1.63. The summed E-state index contributed by atoms with van der Waals surface area (Å²) in [4.78, 5) is 7.60. The Kier molecular flexibility index (Phi) is 5.54. The number of nitrogens with zero attached hydrogens (tertiary/aromatic N) is 2. The van der Waals surface area contributed by atoms with Gasteiger partial charge in [0.05, 0.1) is 28.3 Å². The molecule has 10 rings (SSSR count). The van der Waals surface area contributed by atoms with Gasteiger partial charge in [-0.25, -0.2) is 4.98 Å². The molecule has 0 spiro atoms. The minimum absolute atomic E-state index is 0.815. The minimum atomic E-state index is 0.815. The summed E-state index contributed by atoms with van der Waals surface area (Å²) in [5.41, 5.74) is 9.77. The molecule has 4 nitrogen and oxygen atoms in total. The second-order valence-corrected chi connectivity index (χ2v) is 11.9. The van der Waals surface area contributed by atoms with Crippen LogP contribution in [0.1, 0.15) is 0 Å². The van der Waals surface area contributed by atoms with Gasteiger partial charge in [0.25, 0.3) is 0 Å². The van der Waals surface area contributed by atoms with E-state index < -0.39 is 0 Å². The van der Waals surface area contributed by atoms with Crippen molar-refractivity contribution in [1.29, 1.82) is 0 Å². The van der Waals surface area contributed by atoms with Gasteiger partial charge in [-0.1, -0.05) is 109 Å². The number of benzene rings is 7. The first-order valence-electron chi connectivity index (χ1n) is 15.8. The number of hydrogen-bond acceptors (Lipinski definition) is 4. The zero-order valence-electron chi connectivity index (χ0n) is 25.2. The third-order valence-corrected chi connectivity index (χ3v) is 9.22. The largest absolute Gasteiger partial charge is 0.455 e. The molecule has 3 heterocycles. The van der Waals surface area contributed by atoms with Crippen LogP contribution in [0.4, 0.5) is 17.1 Å². The van der Waals surface area contributed by atoms with Crippen LogP contribution in [0.3, 0.4) is 0 Å². The van der Waals surface area contributed by atoms with Crippen LogP contribution in [0.2, 0.25) is 0 Å². The Hall–Kier alpha value is -6.39. The van der Waals surface area contributed by atoms with Gasteiger partial charge in [-0.05, 0) is 48.5 Å². The van der Waals surface area contributed by atoms with Gasteiger partial charge in [0.2, 0.25) is 0 Å². The van der Waals surface area contributed by atoms with Crippen molar-refractivity contribution in [2.24, 2.45) is 0 Å². The number of aromatic nitrogens is 1. The summed E-state index contributed by atoms with van der Waals surface area (Å²) in [6.07, 6.45) is 0.